The summed E-state index contributed by atoms with van der Waals surface area (Å²) in [6.07, 6.45) is 1.73. The van der Waals surface area contributed by atoms with Gasteiger partial charge >= 0.3 is 0 Å². The van der Waals surface area contributed by atoms with E-state index in [9.17, 15) is 0 Å². The van der Waals surface area contributed by atoms with E-state index in [-0.39, 0.29) is 0 Å². The van der Waals surface area contributed by atoms with Crippen molar-refractivity contribution in [1.82, 2.24) is 0 Å². The summed E-state index contributed by atoms with van der Waals surface area (Å²) < 4.78 is 5.39. The predicted octanol–water partition coefficient (Wildman–Crippen LogP) is 3.64. The van der Waals surface area contributed by atoms with Crippen LogP contribution < -0.4 is 0 Å². The molecular weight excluding hydrogens is 216 g/mol. The molecule has 0 amide bonds. The van der Waals surface area contributed by atoms with Gasteiger partial charge in [0.05, 0.1) is 6.26 Å². The van der Waals surface area contributed by atoms with Gasteiger partial charge in [0.15, 0.2) is 0 Å². The fourth-order valence-corrected chi connectivity index (χ4v) is 2.05. The Balaban J connectivity index is 2.83. The van der Waals surface area contributed by atoms with Crippen molar-refractivity contribution in [2.75, 3.05) is 0 Å². The van der Waals surface area contributed by atoms with Gasteiger partial charge in [0.1, 0.15) is 5.58 Å². The summed E-state index contributed by atoms with van der Waals surface area (Å²) in [4.78, 5) is 0. The van der Waals surface area contributed by atoms with Gasteiger partial charge in [0.25, 0.3) is 0 Å². The van der Waals surface area contributed by atoms with Gasteiger partial charge in [-0.05, 0) is 18.6 Å². The van der Waals surface area contributed by atoms with Crippen LogP contribution in [0, 0.1) is 6.92 Å². The summed E-state index contributed by atoms with van der Waals surface area (Å²) in [6, 6.07) is 6.19. The molecule has 0 fully saturated rings. The number of hydrogen-bond donors (Lipinski definition) is 0. The highest BCUT2D eigenvalue weighted by Crippen LogP contribution is 2.24. The molecule has 1 aromatic carbocycles. The number of rotatable bonds is 1. The lowest BCUT2D eigenvalue weighted by Gasteiger charge is -2.01. The minimum absolute atomic E-state index is 0.851. The zero-order valence-corrected chi connectivity index (χ0v) is 8.39. The molecule has 0 radical (unpaired) electrons. The summed E-state index contributed by atoms with van der Waals surface area (Å²) in [5.41, 5.74) is 3.53. The van der Waals surface area contributed by atoms with Gasteiger partial charge in [0, 0.05) is 16.3 Å². The summed E-state index contributed by atoms with van der Waals surface area (Å²) in [6.45, 7) is 2.10. The first kappa shape index (κ1) is 7.87. The van der Waals surface area contributed by atoms with Crippen molar-refractivity contribution in [2.24, 2.45) is 0 Å². The Bertz CT molecular complexity index is 403. The molecule has 1 nitrogen and oxygen atoms in total. The van der Waals surface area contributed by atoms with E-state index >= 15 is 0 Å². The summed E-state index contributed by atoms with van der Waals surface area (Å²) in [7, 11) is 0. The Morgan fingerprint density at radius 2 is 2.17 bits per heavy atom. The number of fused-ring (bicyclic) bond motifs is 1. The van der Waals surface area contributed by atoms with Gasteiger partial charge in [-0.15, -0.1) is 0 Å². The minimum atomic E-state index is 0.851. The molecule has 2 rings (SSSR count). The number of furan rings is 1. The van der Waals surface area contributed by atoms with E-state index in [4.69, 9.17) is 4.42 Å². The van der Waals surface area contributed by atoms with Crippen LogP contribution in [0.25, 0.3) is 11.0 Å². The molecule has 0 N–H and O–H groups in total. The Kier molecular flexibility index (Phi) is 1.93. The molecular formula is C10H9BrO. The van der Waals surface area contributed by atoms with E-state index in [2.05, 4.69) is 35.0 Å². The summed E-state index contributed by atoms with van der Waals surface area (Å²) in [5.74, 6) is 0. The molecule has 0 aliphatic heterocycles. The Labute approximate surface area is 79.5 Å². The molecule has 0 saturated heterocycles. The van der Waals surface area contributed by atoms with Crippen LogP contribution in [0.2, 0.25) is 0 Å². The van der Waals surface area contributed by atoms with Crippen molar-refractivity contribution < 1.29 is 4.42 Å². The van der Waals surface area contributed by atoms with Gasteiger partial charge in [-0.2, -0.15) is 0 Å². The van der Waals surface area contributed by atoms with Gasteiger partial charge in [-0.3, -0.25) is 0 Å². The molecule has 0 bridgehead atoms. The molecule has 0 unspecified atom stereocenters. The third kappa shape index (κ3) is 1.07. The van der Waals surface area contributed by atoms with Crippen molar-refractivity contribution in [3.63, 3.8) is 0 Å². The van der Waals surface area contributed by atoms with Crippen LogP contribution in [-0.2, 0) is 5.33 Å². The quantitative estimate of drug-likeness (QED) is 0.675. The van der Waals surface area contributed by atoms with Gasteiger partial charge in [-0.25, -0.2) is 0 Å². The highest BCUT2D eigenvalue weighted by molar-refractivity contribution is 9.08. The monoisotopic (exact) mass is 224 g/mol. The van der Waals surface area contributed by atoms with Crippen molar-refractivity contribution in [1.29, 1.82) is 0 Å². The smallest absolute Gasteiger partial charge is 0.138 e. The first-order valence-electron chi connectivity index (χ1n) is 3.84. The topological polar surface area (TPSA) is 13.1 Å². The normalized spacial score (nSPS) is 10.8. The first-order chi connectivity index (χ1) is 5.83. The van der Waals surface area contributed by atoms with Crippen LogP contribution in [0.15, 0.2) is 28.9 Å². The third-order valence-corrected chi connectivity index (χ3v) is 2.65. The average molecular weight is 225 g/mol. The number of halogens is 1. The molecule has 0 aliphatic rings. The molecule has 0 spiro atoms. The molecule has 12 heavy (non-hydrogen) atoms. The van der Waals surface area contributed by atoms with Crippen molar-refractivity contribution in [2.45, 2.75) is 12.3 Å². The Morgan fingerprint density at radius 3 is 2.92 bits per heavy atom. The lowest BCUT2D eigenvalue weighted by atomic mass is 10.1. The maximum atomic E-state index is 5.39. The van der Waals surface area contributed by atoms with Gasteiger partial charge < -0.3 is 4.42 Å². The first-order valence-corrected chi connectivity index (χ1v) is 4.96. The van der Waals surface area contributed by atoms with E-state index in [1.165, 1.54) is 16.5 Å². The fourth-order valence-electron chi connectivity index (χ4n) is 1.36. The van der Waals surface area contributed by atoms with Crippen molar-refractivity contribution >= 4 is 26.9 Å². The highest BCUT2D eigenvalue weighted by atomic mass is 79.9. The van der Waals surface area contributed by atoms with Crippen LogP contribution >= 0.6 is 15.9 Å². The largest absolute Gasteiger partial charge is 0.464 e. The molecule has 0 aliphatic carbocycles. The maximum Gasteiger partial charge on any atom is 0.138 e. The van der Waals surface area contributed by atoms with E-state index in [0.29, 0.717) is 0 Å². The fraction of sp³-hybridized carbons (Fsp3) is 0.200. The molecule has 0 saturated carbocycles. The standard InChI is InChI=1S/C10H9BrO/c1-7-2-3-8-4-5-12-10(8)9(7)6-11/h2-5H,6H2,1H3. The van der Waals surface area contributed by atoms with Gasteiger partial charge in [-0.1, -0.05) is 28.1 Å². The summed E-state index contributed by atoms with van der Waals surface area (Å²) >= 11 is 3.45. The zero-order valence-electron chi connectivity index (χ0n) is 6.80. The van der Waals surface area contributed by atoms with Crippen LogP contribution in [0.1, 0.15) is 11.1 Å². The summed E-state index contributed by atoms with van der Waals surface area (Å²) in [5, 5.41) is 2.03. The lowest BCUT2D eigenvalue weighted by molar-refractivity contribution is 0.612. The Hall–Kier alpha value is -0.760. The number of hydrogen-bond acceptors (Lipinski definition) is 1. The highest BCUT2D eigenvalue weighted by Gasteiger charge is 2.05. The molecule has 62 valence electrons. The third-order valence-electron chi connectivity index (χ3n) is 2.09. The van der Waals surface area contributed by atoms with E-state index < -0.39 is 0 Å². The van der Waals surface area contributed by atoms with Crippen LogP contribution in [0.5, 0.6) is 0 Å². The van der Waals surface area contributed by atoms with Crippen LogP contribution in [0.3, 0.4) is 0 Å². The van der Waals surface area contributed by atoms with Crippen molar-refractivity contribution in [3.05, 3.63) is 35.6 Å². The molecule has 1 aromatic heterocycles. The molecule has 2 heteroatoms. The number of benzene rings is 1. The Morgan fingerprint density at radius 1 is 1.33 bits per heavy atom. The lowest BCUT2D eigenvalue weighted by Crippen LogP contribution is -1.83. The van der Waals surface area contributed by atoms with Crippen LogP contribution in [0.4, 0.5) is 0 Å². The maximum absolute atomic E-state index is 5.39. The van der Waals surface area contributed by atoms with Gasteiger partial charge in [0.2, 0.25) is 0 Å². The average Bonchev–Trinajstić information content (AvgIpc) is 2.52. The molecule has 2 aromatic rings. The van der Waals surface area contributed by atoms with E-state index in [0.717, 1.165) is 10.9 Å². The van der Waals surface area contributed by atoms with Crippen LogP contribution in [-0.4, -0.2) is 0 Å². The SMILES string of the molecule is Cc1ccc2ccoc2c1CBr. The van der Waals surface area contributed by atoms with E-state index in [1.807, 2.05) is 6.07 Å². The minimum Gasteiger partial charge on any atom is -0.464 e. The second-order valence-corrected chi connectivity index (χ2v) is 3.39. The van der Waals surface area contributed by atoms with Crippen molar-refractivity contribution in [3.8, 4) is 0 Å². The molecule has 1 heterocycles. The number of aryl methyl sites for hydroxylation is 1. The second kappa shape index (κ2) is 2.94. The zero-order chi connectivity index (χ0) is 8.55. The second-order valence-electron chi connectivity index (χ2n) is 2.83. The number of alkyl halides is 1. The predicted molar refractivity (Wildman–Crippen MR) is 53.6 cm³/mol. The molecule has 0 atom stereocenters. The van der Waals surface area contributed by atoms with E-state index in [1.54, 1.807) is 6.26 Å².